The topological polar surface area (TPSA) is 157 Å². The largest absolute Gasteiger partial charge is 0.480 e. The highest BCUT2D eigenvalue weighted by molar-refractivity contribution is 5.81. The Hall–Kier alpha value is -1.91. The second kappa shape index (κ2) is 9.70. The van der Waals surface area contributed by atoms with Crippen molar-refractivity contribution in [1.82, 2.24) is 10.2 Å². The van der Waals surface area contributed by atoms with Gasteiger partial charge in [0, 0.05) is 19.4 Å². The van der Waals surface area contributed by atoms with Crippen molar-refractivity contribution >= 4 is 18.0 Å². The molecule has 0 bridgehead atoms. The molecule has 0 aromatic heterocycles. The number of aliphatic hydroxyl groups excluding tert-OH is 2. The fourth-order valence-electron chi connectivity index (χ4n) is 2.48. The van der Waals surface area contributed by atoms with Crippen LogP contribution in [0.3, 0.4) is 0 Å². The zero-order valence-electron chi connectivity index (χ0n) is 14.5. The van der Waals surface area contributed by atoms with Crippen LogP contribution in [0.4, 0.5) is 4.79 Å². The van der Waals surface area contributed by atoms with E-state index in [0.717, 1.165) is 4.90 Å². The van der Waals surface area contributed by atoms with Crippen molar-refractivity contribution in [3.8, 4) is 0 Å². The van der Waals surface area contributed by atoms with Crippen molar-refractivity contribution in [2.75, 3.05) is 13.1 Å². The predicted molar refractivity (Wildman–Crippen MR) is 91.8 cm³/mol. The monoisotopic (exact) mass is 378 g/mol. The molecule has 0 aliphatic carbocycles. The Morgan fingerprint density at radius 1 is 1.04 bits per heavy atom. The third-order valence-electron chi connectivity index (χ3n) is 3.60. The summed E-state index contributed by atoms with van der Waals surface area (Å²) in [6.07, 6.45) is -1.60. The van der Waals surface area contributed by atoms with Crippen LogP contribution in [-0.4, -0.2) is 86.3 Å². The molecule has 0 unspecified atom stereocenters. The van der Waals surface area contributed by atoms with Gasteiger partial charge in [0.2, 0.25) is 0 Å². The van der Waals surface area contributed by atoms with E-state index in [-0.39, 0.29) is 20.4 Å². The number of hydrogen-bond acceptors (Lipinski definition) is 7. The number of rotatable bonds is 2. The molecule has 4 atom stereocenters. The van der Waals surface area contributed by atoms with Crippen molar-refractivity contribution in [2.45, 2.75) is 70.9 Å². The second-order valence-electron chi connectivity index (χ2n) is 7.06. The van der Waals surface area contributed by atoms with Gasteiger partial charge >= 0.3 is 18.0 Å². The third kappa shape index (κ3) is 7.54. The molecule has 10 heteroatoms. The standard InChI is InChI=1S/C10H17NO5.C5H9NO3.CH4/c1-10(2,3)16-9(15)11-5-6(12)4-7(11)8(13)14;7-3-1-4(5(8)9)6-2-3;/h6-7,12H,4-5H2,1-3H3,(H,13,14);3-4,6-7H,1-2H2,(H,8,9);1H4/t6-,7+;3-,4+;/m11./s1. The molecule has 2 rings (SSSR count). The zero-order chi connectivity index (χ0) is 19.4. The molecule has 26 heavy (non-hydrogen) atoms. The Kier molecular flexibility index (Phi) is 8.98. The van der Waals surface area contributed by atoms with Gasteiger partial charge in [0.1, 0.15) is 17.7 Å². The van der Waals surface area contributed by atoms with Crippen molar-refractivity contribution in [2.24, 2.45) is 0 Å². The second-order valence-corrected chi connectivity index (χ2v) is 7.06. The summed E-state index contributed by atoms with van der Waals surface area (Å²) in [6, 6.07) is -1.54. The summed E-state index contributed by atoms with van der Waals surface area (Å²) in [7, 11) is 0. The molecule has 0 aromatic rings. The maximum atomic E-state index is 11.7. The molecular formula is C16H30N2O8. The van der Waals surface area contributed by atoms with Crippen LogP contribution in [0.5, 0.6) is 0 Å². The molecule has 1 amide bonds. The molecule has 152 valence electrons. The quantitative estimate of drug-likeness (QED) is 0.441. The normalized spacial score (nSPS) is 27.8. The van der Waals surface area contributed by atoms with Crippen LogP contribution in [0.2, 0.25) is 0 Å². The summed E-state index contributed by atoms with van der Waals surface area (Å²) in [5, 5.41) is 38.1. The number of aliphatic hydroxyl groups is 2. The average molecular weight is 378 g/mol. The summed E-state index contributed by atoms with van der Waals surface area (Å²) < 4.78 is 5.06. The van der Waals surface area contributed by atoms with Crippen LogP contribution in [0.15, 0.2) is 0 Å². The van der Waals surface area contributed by atoms with Gasteiger partial charge in [-0.15, -0.1) is 0 Å². The first-order chi connectivity index (χ1) is 11.4. The van der Waals surface area contributed by atoms with E-state index in [2.05, 4.69) is 5.32 Å². The fourth-order valence-corrected chi connectivity index (χ4v) is 2.48. The van der Waals surface area contributed by atoms with E-state index in [1.807, 2.05) is 0 Å². The number of carbonyl (C=O) groups excluding carboxylic acids is 1. The number of likely N-dealkylation sites (tertiary alicyclic amines) is 1. The van der Waals surface area contributed by atoms with Crippen molar-refractivity contribution < 1.29 is 39.5 Å². The number of carbonyl (C=O) groups is 3. The lowest BCUT2D eigenvalue weighted by Gasteiger charge is -2.26. The molecule has 2 aliphatic heterocycles. The summed E-state index contributed by atoms with van der Waals surface area (Å²) in [5.74, 6) is -2.01. The maximum absolute atomic E-state index is 11.7. The maximum Gasteiger partial charge on any atom is 0.411 e. The minimum atomic E-state index is -1.12. The van der Waals surface area contributed by atoms with Crippen LogP contribution in [0.25, 0.3) is 0 Å². The molecule has 0 saturated carbocycles. The number of nitrogens with zero attached hydrogens (tertiary/aromatic N) is 1. The first-order valence-electron chi connectivity index (χ1n) is 7.95. The molecule has 0 radical (unpaired) electrons. The Labute approximate surface area is 152 Å². The minimum Gasteiger partial charge on any atom is -0.480 e. The van der Waals surface area contributed by atoms with E-state index in [1.54, 1.807) is 20.8 Å². The summed E-state index contributed by atoms with van der Waals surface area (Å²) in [4.78, 5) is 33.7. The molecular weight excluding hydrogens is 348 g/mol. The Bertz CT molecular complexity index is 505. The van der Waals surface area contributed by atoms with Crippen LogP contribution >= 0.6 is 0 Å². The highest BCUT2D eigenvalue weighted by Gasteiger charge is 2.40. The minimum absolute atomic E-state index is 0. The number of nitrogens with one attached hydrogen (secondary N) is 1. The van der Waals surface area contributed by atoms with Crippen LogP contribution in [0, 0.1) is 0 Å². The fraction of sp³-hybridized carbons (Fsp3) is 0.812. The number of carboxylic acid groups (broad SMARTS) is 2. The zero-order valence-corrected chi connectivity index (χ0v) is 14.5. The summed E-state index contributed by atoms with van der Waals surface area (Å²) in [6.45, 7) is 5.51. The first kappa shape index (κ1) is 24.1. The Balaban J connectivity index is 0.000000532. The van der Waals surface area contributed by atoms with Gasteiger partial charge in [-0.3, -0.25) is 9.69 Å². The molecule has 2 fully saturated rings. The van der Waals surface area contributed by atoms with Crippen molar-refractivity contribution in [3.63, 3.8) is 0 Å². The lowest BCUT2D eigenvalue weighted by Crippen LogP contribution is -2.43. The molecule has 2 saturated heterocycles. The number of hydrogen-bond donors (Lipinski definition) is 5. The van der Waals surface area contributed by atoms with Crippen molar-refractivity contribution in [1.29, 1.82) is 0 Å². The first-order valence-corrected chi connectivity index (χ1v) is 7.95. The van der Waals surface area contributed by atoms with Gasteiger partial charge in [0.25, 0.3) is 0 Å². The SMILES string of the molecule is C.CC(C)(C)OC(=O)N1C[C@H](O)C[C@H]1C(=O)O.O=C(O)[C@@H]1C[C@@H](O)CN1. The van der Waals surface area contributed by atoms with Gasteiger partial charge in [0.05, 0.1) is 18.8 Å². The van der Waals surface area contributed by atoms with E-state index in [1.165, 1.54) is 0 Å². The predicted octanol–water partition coefficient (Wildman–Crippen LogP) is -0.129. The lowest BCUT2D eigenvalue weighted by atomic mass is 10.2. The third-order valence-corrected chi connectivity index (χ3v) is 3.60. The highest BCUT2D eigenvalue weighted by Crippen LogP contribution is 2.21. The van der Waals surface area contributed by atoms with Gasteiger partial charge in [0.15, 0.2) is 0 Å². The van der Waals surface area contributed by atoms with E-state index in [4.69, 9.17) is 20.1 Å². The lowest BCUT2D eigenvalue weighted by molar-refractivity contribution is -0.142. The number of aliphatic carboxylic acids is 2. The van der Waals surface area contributed by atoms with E-state index in [0.29, 0.717) is 13.0 Å². The van der Waals surface area contributed by atoms with E-state index < -0.39 is 47.9 Å². The number of β-amino-alcohol motifs (C(OH)–C–C–N with tert-alkyl or cyclic N) is 2. The van der Waals surface area contributed by atoms with Gasteiger partial charge in [-0.25, -0.2) is 9.59 Å². The summed E-state index contributed by atoms with van der Waals surface area (Å²) >= 11 is 0. The smallest absolute Gasteiger partial charge is 0.411 e. The van der Waals surface area contributed by atoms with Crippen molar-refractivity contribution in [3.05, 3.63) is 0 Å². The highest BCUT2D eigenvalue weighted by atomic mass is 16.6. The van der Waals surface area contributed by atoms with Gasteiger partial charge in [-0.1, -0.05) is 7.43 Å². The van der Waals surface area contributed by atoms with Gasteiger partial charge in [-0.05, 0) is 20.8 Å². The molecule has 0 spiro atoms. The van der Waals surface area contributed by atoms with E-state index >= 15 is 0 Å². The van der Waals surface area contributed by atoms with Crippen LogP contribution in [-0.2, 0) is 14.3 Å². The molecule has 2 aliphatic rings. The molecule has 10 nitrogen and oxygen atoms in total. The molecule has 5 N–H and O–H groups in total. The Morgan fingerprint density at radius 2 is 1.62 bits per heavy atom. The van der Waals surface area contributed by atoms with Gasteiger partial charge < -0.3 is 30.5 Å². The van der Waals surface area contributed by atoms with Crippen LogP contribution < -0.4 is 5.32 Å². The average Bonchev–Trinajstić information content (AvgIpc) is 3.03. The van der Waals surface area contributed by atoms with E-state index in [9.17, 15) is 19.5 Å². The van der Waals surface area contributed by atoms with Gasteiger partial charge in [-0.2, -0.15) is 0 Å². The summed E-state index contributed by atoms with van der Waals surface area (Å²) in [5.41, 5.74) is -0.673. The molecule has 0 aromatic carbocycles. The van der Waals surface area contributed by atoms with Crippen LogP contribution in [0.1, 0.15) is 41.0 Å². The number of carboxylic acids is 2. The Morgan fingerprint density at radius 3 is 1.96 bits per heavy atom. The molecule has 2 heterocycles. The number of ether oxygens (including phenoxy) is 1. The number of amides is 1.